The lowest BCUT2D eigenvalue weighted by molar-refractivity contribution is 0.102. The second-order valence-electron chi connectivity index (χ2n) is 3.58. The predicted molar refractivity (Wildman–Crippen MR) is 63.0 cm³/mol. The number of nitrogens with zero attached hydrogens (tertiary/aromatic N) is 1. The number of amides is 1. The molecule has 0 spiro atoms. The molecule has 3 N–H and O–H groups in total. The molecule has 2 aromatic rings. The zero-order valence-electron chi connectivity index (χ0n) is 9.15. The Morgan fingerprint density at radius 1 is 1.28 bits per heavy atom. The fraction of sp³-hybridized carbons (Fsp3) is 0. The SMILES string of the molecule is Nc1cc(F)cc(NC(=O)c2ccncc2F)c1. The van der Waals surface area contributed by atoms with Crippen LogP contribution in [-0.4, -0.2) is 10.9 Å². The molecule has 6 heteroatoms. The second-order valence-corrected chi connectivity index (χ2v) is 3.58. The summed E-state index contributed by atoms with van der Waals surface area (Å²) in [7, 11) is 0. The van der Waals surface area contributed by atoms with Crippen molar-refractivity contribution in [3.63, 3.8) is 0 Å². The molecule has 18 heavy (non-hydrogen) atoms. The lowest BCUT2D eigenvalue weighted by Gasteiger charge is -2.06. The highest BCUT2D eigenvalue weighted by Gasteiger charge is 2.12. The predicted octanol–water partition coefficient (Wildman–Crippen LogP) is 2.19. The van der Waals surface area contributed by atoms with Crippen LogP contribution in [0.1, 0.15) is 10.4 Å². The molecule has 0 radical (unpaired) electrons. The quantitative estimate of drug-likeness (QED) is 0.801. The minimum absolute atomic E-state index is 0.161. The van der Waals surface area contributed by atoms with Gasteiger partial charge in [0.25, 0.3) is 5.91 Å². The first kappa shape index (κ1) is 12.0. The Bertz CT molecular complexity index is 581. The largest absolute Gasteiger partial charge is 0.399 e. The highest BCUT2D eigenvalue weighted by molar-refractivity contribution is 6.04. The summed E-state index contributed by atoms with van der Waals surface area (Å²) in [6.45, 7) is 0. The Balaban J connectivity index is 2.24. The highest BCUT2D eigenvalue weighted by atomic mass is 19.1. The summed E-state index contributed by atoms with van der Waals surface area (Å²) in [5, 5.41) is 2.35. The molecular formula is C12H9F2N3O. The van der Waals surface area contributed by atoms with Crippen molar-refractivity contribution in [3.05, 3.63) is 53.9 Å². The van der Waals surface area contributed by atoms with Crippen molar-refractivity contribution in [2.24, 2.45) is 0 Å². The average Bonchev–Trinajstić information content (AvgIpc) is 2.27. The van der Waals surface area contributed by atoms with Crippen LogP contribution in [0, 0.1) is 11.6 Å². The van der Waals surface area contributed by atoms with E-state index in [-0.39, 0.29) is 16.9 Å². The van der Waals surface area contributed by atoms with E-state index < -0.39 is 17.5 Å². The summed E-state index contributed by atoms with van der Waals surface area (Å²) in [6, 6.07) is 4.81. The zero-order chi connectivity index (χ0) is 13.1. The van der Waals surface area contributed by atoms with Gasteiger partial charge < -0.3 is 11.1 Å². The van der Waals surface area contributed by atoms with E-state index in [1.54, 1.807) is 0 Å². The monoisotopic (exact) mass is 249 g/mol. The van der Waals surface area contributed by atoms with Crippen LogP contribution in [0.5, 0.6) is 0 Å². The molecule has 2 rings (SSSR count). The highest BCUT2D eigenvalue weighted by Crippen LogP contribution is 2.16. The Hall–Kier alpha value is -2.50. The number of carbonyl (C=O) groups excluding carboxylic acids is 1. The van der Waals surface area contributed by atoms with Crippen molar-refractivity contribution >= 4 is 17.3 Å². The number of aromatic nitrogens is 1. The third kappa shape index (κ3) is 2.60. The molecule has 0 aliphatic carbocycles. The Kier molecular flexibility index (Phi) is 3.18. The summed E-state index contributed by atoms with van der Waals surface area (Å²) in [5.41, 5.74) is 5.58. The summed E-state index contributed by atoms with van der Waals surface area (Å²) in [4.78, 5) is 15.2. The number of carbonyl (C=O) groups is 1. The fourth-order valence-electron chi connectivity index (χ4n) is 1.44. The summed E-state index contributed by atoms with van der Waals surface area (Å²) < 4.78 is 26.3. The van der Waals surface area contributed by atoms with Gasteiger partial charge in [-0.25, -0.2) is 8.78 Å². The van der Waals surface area contributed by atoms with E-state index in [9.17, 15) is 13.6 Å². The maximum Gasteiger partial charge on any atom is 0.258 e. The molecule has 0 saturated heterocycles. The van der Waals surface area contributed by atoms with E-state index >= 15 is 0 Å². The molecule has 1 amide bonds. The molecule has 4 nitrogen and oxygen atoms in total. The van der Waals surface area contributed by atoms with Gasteiger partial charge in [0.1, 0.15) is 5.82 Å². The third-order valence-corrected chi connectivity index (χ3v) is 2.20. The average molecular weight is 249 g/mol. The number of halogens is 2. The van der Waals surface area contributed by atoms with Gasteiger partial charge in [-0.3, -0.25) is 9.78 Å². The Morgan fingerprint density at radius 3 is 2.72 bits per heavy atom. The maximum absolute atomic E-state index is 13.3. The van der Waals surface area contributed by atoms with Gasteiger partial charge in [-0.2, -0.15) is 0 Å². The number of hydrogen-bond acceptors (Lipinski definition) is 3. The maximum atomic E-state index is 13.3. The van der Waals surface area contributed by atoms with Gasteiger partial charge >= 0.3 is 0 Å². The van der Waals surface area contributed by atoms with Gasteiger partial charge in [0.15, 0.2) is 5.82 Å². The number of nitrogens with two attached hydrogens (primary N) is 1. The standard InChI is InChI=1S/C12H9F2N3O/c13-7-3-8(15)5-9(4-7)17-12(18)10-1-2-16-6-11(10)14/h1-6H,15H2,(H,17,18). The summed E-state index contributed by atoms with van der Waals surface area (Å²) >= 11 is 0. The summed E-state index contributed by atoms with van der Waals surface area (Å²) in [5.74, 6) is -2.03. The van der Waals surface area contributed by atoms with Gasteiger partial charge in [0.05, 0.1) is 11.8 Å². The van der Waals surface area contributed by atoms with E-state index in [0.717, 1.165) is 18.3 Å². The van der Waals surface area contributed by atoms with Gasteiger partial charge in [-0.15, -0.1) is 0 Å². The lowest BCUT2D eigenvalue weighted by atomic mass is 10.2. The molecule has 0 fully saturated rings. The molecule has 1 aromatic carbocycles. The molecule has 1 aromatic heterocycles. The van der Waals surface area contributed by atoms with Crippen molar-refractivity contribution in [3.8, 4) is 0 Å². The molecule has 0 unspecified atom stereocenters. The van der Waals surface area contributed by atoms with Crippen molar-refractivity contribution in [2.75, 3.05) is 11.1 Å². The van der Waals surface area contributed by atoms with Crippen LogP contribution in [0.15, 0.2) is 36.7 Å². The van der Waals surface area contributed by atoms with Crippen molar-refractivity contribution in [2.45, 2.75) is 0 Å². The van der Waals surface area contributed by atoms with Crippen LogP contribution in [0.4, 0.5) is 20.2 Å². The van der Waals surface area contributed by atoms with Gasteiger partial charge in [-0.05, 0) is 24.3 Å². The molecule has 0 aliphatic rings. The molecule has 0 saturated carbocycles. The smallest absolute Gasteiger partial charge is 0.258 e. The topological polar surface area (TPSA) is 68.0 Å². The second kappa shape index (κ2) is 4.79. The normalized spacial score (nSPS) is 10.1. The van der Waals surface area contributed by atoms with Crippen molar-refractivity contribution in [1.29, 1.82) is 0 Å². The van der Waals surface area contributed by atoms with Crippen LogP contribution in [0.3, 0.4) is 0 Å². The molecular weight excluding hydrogens is 240 g/mol. The van der Waals surface area contributed by atoms with Crippen LogP contribution < -0.4 is 11.1 Å². The minimum Gasteiger partial charge on any atom is -0.399 e. The van der Waals surface area contributed by atoms with Crippen LogP contribution in [0.25, 0.3) is 0 Å². The zero-order valence-corrected chi connectivity index (χ0v) is 9.15. The third-order valence-electron chi connectivity index (χ3n) is 2.20. The molecule has 0 aliphatic heterocycles. The van der Waals surface area contributed by atoms with Gasteiger partial charge in [0, 0.05) is 17.6 Å². The fourth-order valence-corrected chi connectivity index (χ4v) is 1.44. The van der Waals surface area contributed by atoms with Gasteiger partial charge in [-0.1, -0.05) is 0 Å². The van der Waals surface area contributed by atoms with Crippen LogP contribution in [-0.2, 0) is 0 Å². The number of nitrogen functional groups attached to an aromatic ring is 1. The number of nitrogens with one attached hydrogen (secondary N) is 1. The van der Waals surface area contributed by atoms with Gasteiger partial charge in [0.2, 0.25) is 0 Å². The first-order valence-corrected chi connectivity index (χ1v) is 5.03. The van der Waals surface area contributed by atoms with E-state index in [1.807, 2.05) is 0 Å². The van der Waals surface area contributed by atoms with Crippen molar-refractivity contribution < 1.29 is 13.6 Å². The number of hydrogen-bond donors (Lipinski definition) is 2. The molecule has 0 bridgehead atoms. The molecule has 92 valence electrons. The van der Waals surface area contributed by atoms with Crippen LogP contribution >= 0.6 is 0 Å². The lowest BCUT2D eigenvalue weighted by Crippen LogP contribution is -2.14. The number of pyridine rings is 1. The molecule has 1 heterocycles. The molecule has 0 atom stereocenters. The summed E-state index contributed by atoms with van der Waals surface area (Å²) in [6.07, 6.45) is 2.22. The van der Waals surface area contributed by atoms with E-state index in [1.165, 1.54) is 18.3 Å². The van der Waals surface area contributed by atoms with E-state index in [0.29, 0.717) is 0 Å². The van der Waals surface area contributed by atoms with Crippen molar-refractivity contribution in [1.82, 2.24) is 4.98 Å². The Labute approximate surface area is 101 Å². The first-order valence-electron chi connectivity index (χ1n) is 5.03. The number of anilines is 2. The van der Waals surface area contributed by atoms with E-state index in [2.05, 4.69) is 10.3 Å². The minimum atomic E-state index is -0.751. The first-order chi connectivity index (χ1) is 8.56. The van der Waals surface area contributed by atoms with E-state index in [4.69, 9.17) is 5.73 Å². The number of rotatable bonds is 2. The van der Waals surface area contributed by atoms with Crippen LogP contribution in [0.2, 0.25) is 0 Å². The Morgan fingerprint density at radius 2 is 2.06 bits per heavy atom. The number of benzene rings is 1.